The molecule has 0 radical (unpaired) electrons. The summed E-state index contributed by atoms with van der Waals surface area (Å²) in [5, 5.41) is 8.53. The molecule has 0 unspecified atom stereocenters. The highest BCUT2D eigenvalue weighted by Crippen LogP contribution is 2.16. The Bertz CT molecular complexity index is 446. The summed E-state index contributed by atoms with van der Waals surface area (Å²) in [5.74, 6) is -1.92. The molecular formula is C32H62O3. The van der Waals surface area contributed by atoms with E-state index in [9.17, 15) is 9.59 Å². The Labute approximate surface area is 219 Å². The number of hydrogen-bond acceptors (Lipinski definition) is 2. The van der Waals surface area contributed by atoms with Gasteiger partial charge in [-0.1, -0.05) is 180 Å². The number of carboxylic acid groups (broad SMARTS) is 1. The van der Waals surface area contributed by atoms with Crippen molar-refractivity contribution in [3.8, 4) is 0 Å². The summed E-state index contributed by atoms with van der Waals surface area (Å²) < 4.78 is 0. The minimum absolute atomic E-state index is 0.203. The highest BCUT2D eigenvalue weighted by atomic mass is 16.4. The number of unbranched alkanes of at least 4 members (excludes halogenated alkanes) is 27. The maximum Gasteiger partial charge on any atom is 0.372 e. The van der Waals surface area contributed by atoms with Crippen LogP contribution in [0.15, 0.2) is 0 Å². The number of rotatable bonds is 30. The number of Topliss-reactive ketones (excluding diaryl/α,β-unsaturated/α-hetero) is 1. The number of carboxylic acids is 1. The molecule has 35 heavy (non-hydrogen) atoms. The maximum atomic E-state index is 11.0. The second-order valence-electron chi connectivity index (χ2n) is 11.0. The van der Waals surface area contributed by atoms with Gasteiger partial charge in [-0.25, -0.2) is 4.79 Å². The molecule has 0 aromatic carbocycles. The lowest BCUT2D eigenvalue weighted by Gasteiger charge is -2.04. The van der Waals surface area contributed by atoms with Gasteiger partial charge in [-0.3, -0.25) is 4.79 Å². The van der Waals surface area contributed by atoms with Crippen LogP contribution in [0, 0.1) is 0 Å². The van der Waals surface area contributed by atoms with Gasteiger partial charge in [-0.05, 0) is 6.42 Å². The van der Waals surface area contributed by atoms with Gasteiger partial charge in [0.2, 0.25) is 5.78 Å². The average molecular weight is 495 g/mol. The zero-order chi connectivity index (χ0) is 25.7. The molecule has 0 aromatic heterocycles. The van der Waals surface area contributed by atoms with Gasteiger partial charge in [0.15, 0.2) is 0 Å². The molecule has 0 aliphatic heterocycles. The van der Waals surface area contributed by atoms with E-state index in [2.05, 4.69) is 6.92 Å². The molecule has 208 valence electrons. The van der Waals surface area contributed by atoms with Crippen LogP contribution in [0.3, 0.4) is 0 Å². The smallest absolute Gasteiger partial charge is 0.372 e. The van der Waals surface area contributed by atoms with Crippen molar-refractivity contribution in [2.45, 2.75) is 193 Å². The van der Waals surface area contributed by atoms with E-state index in [1.54, 1.807) is 0 Å². The summed E-state index contributed by atoms with van der Waals surface area (Å²) in [6, 6.07) is 0. The van der Waals surface area contributed by atoms with Gasteiger partial charge in [0.05, 0.1) is 0 Å². The van der Waals surface area contributed by atoms with Crippen molar-refractivity contribution in [3.05, 3.63) is 0 Å². The molecule has 0 aliphatic carbocycles. The molecule has 0 heterocycles. The fraction of sp³-hybridized carbons (Fsp3) is 0.938. The lowest BCUT2D eigenvalue weighted by molar-refractivity contribution is -0.149. The van der Waals surface area contributed by atoms with Crippen LogP contribution in [0.1, 0.15) is 193 Å². The fourth-order valence-corrected chi connectivity index (χ4v) is 5.06. The minimum atomic E-state index is -1.28. The Balaban J connectivity index is 3.05. The van der Waals surface area contributed by atoms with Gasteiger partial charge in [0, 0.05) is 6.42 Å². The summed E-state index contributed by atoms with van der Waals surface area (Å²) in [5.41, 5.74) is 0. The Morgan fingerprint density at radius 2 is 0.571 bits per heavy atom. The first-order valence-corrected chi connectivity index (χ1v) is 15.9. The highest BCUT2D eigenvalue weighted by molar-refractivity contribution is 6.32. The molecule has 0 fully saturated rings. The van der Waals surface area contributed by atoms with Crippen LogP contribution in [0.5, 0.6) is 0 Å². The lowest BCUT2D eigenvalue weighted by Crippen LogP contribution is -2.11. The van der Waals surface area contributed by atoms with E-state index in [0.29, 0.717) is 0 Å². The first kappa shape index (κ1) is 34.1. The Kier molecular flexibility index (Phi) is 28.6. The van der Waals surface area contributed by atoms with Crippen LogP contribution >= 0.6 is 0 Å². The van der Waals surface area contributed by atoms with Gasteiger partial charge >= 0.3 is 5.97 Å². The Morgan fingerprint density at radius 1 is 0.371 bits per heavy atom. The van der Waals surface area contributed by atoms with Crippen LogP contribution < -0.4 is 0 Å². The number of aliphatic carboxylic acids is 1. The van der Waals surface area contributed by atoms with Gasteiger partial charge in [-0.2, -0.15) is 0 Å². The van der Waals surface area contributed by atoms with Gasteiger partial charge in [0.25, 0.3) is 0 Å². The first-order valence-electron chi connectivity index (χ1n) is 15.9. The van der Waals surface area contributed by atoms with Crippen molar-refractivity contribution in [2.24, 2.45) is 0 Å². The van der Waals surface area contributed by atoms with Crippen molar-refractivity contribution in [1.29, 1.82) is 0 Å². The average Bonchev–Trinajstić information content (AvgIpc) is 2.85. The van der Waals surface area contributed by atoms with Gasteiger partial charge in [0.1, 0.15) is 0 Å². The molecule has 0 aromatic rings. The second-order valence-corrected chi connectivity index (χ2v) is 11.0. The molecular weight excluding hydrogens is 432 g/mol. The Hall–Kier alpha value is -0.860. The van der Waals surface area contributed by atoms with Crippen LogP contribution in [-0.2, 0) is 9.59 Å². The number of hydrogen-bond donors (Lipinski definition) is 1. The number of ketones is 1. The van der Waals surface area contributed by atoms with E-state index in [1.165, 1.54) is 161 Å². The van der Waals surface area contributed by atoms with Crippen LogP contribution in [0.4, 0.5) is 0 Å². The van der Waals surface area contributed by atoms with Crippen molar-refractivity contribution < 1.29 is 14.7 Å². The molecule has 1 N–H and O–H groups in total. The zero-order valence-electron chi connectivity index (χ0n) is 23.8. The summed E-state index contributed by atoms with van der Waals surface area (Å²) in [6.07, 6.45) is 38.5. The molecule has 0 atom stereocenters. The third-order valence-electron chi connectivity index (χ3n) is 7.50. The van der Waals surface area contributed by atoms with Crippen molar-refractivity contribution in [1.82, 2.24) is 0 Å². The van der Waals surface area contributed by atoms with Crippen molar-refractivity contribution in [3.63, 3.8) is 0 Å². The van der Waals surface area contributed by atoms with Crippen LogP contribution in [0.2, 0.25) is 0 Å². The summed E-state index contributed by atoms with van der Waals surface area (Å²) >= 11 is 0. The molecule has 0 saturated heterocycles. The first-order chi connectivity index (χ1) is 17.2. The number of carbonyl (C=O) groups is 2. The Morgan fingerprint density at radius 3 is 0.771 bits per heavy atom. The predicted octanol–water partition coefficient (Wildman–Crippen LogP) is 11.0. The number of carbonyl (C=O) groups excluding carboxylic acids is 1. The predicted molar refractivity (Wildman–Crippen MR) is 152 cm³/mol. The highest BCUT2D eigenvalue weighted by Gasteiger charge is 2.09. The molecule has 3 heteroatoms. The summed E-state index contributed by atoms with van der Waals surface area (Å²) in [4.78, 5) is 21.4. The molecule has 0 saturated carbocycles. The lowest BCUT2D eigenvalue weighted by atomic mass is 10.0. The zero-order valence-corrected chi connectivity index (χ0v) is 23.8. The summed E-state index contributed by atoms with van der Waals surface area (Å²) in [7, 11) is 0. The van der Waals surface area contributed by atoms with Crippen LogP contribution in [-0.4, -0.2) is 16.9 Å². The van der Waals surface area contributed by atoms with Gasteiger partial charge < -0.3 is 5.11 Å². The molecule has 3 nitrogen and oxygen atoms in total. The topological polar surface area (TPSA) is 54.4 Å². The summed E-state index contributed by atoms with van der Waals surface area (Å²) in [6.45, 7) is 2.29. The molecule has 0 bridgehead atoms. The van der Waals surface area contributed by atoms with E-state index in [0.717, 1.165) is 19.3 Å². The SMILES string of the molecule is CCCCCCCCCCCCCCCCCCCCCCCCCCCCCCC(=O)C(=O)O. The van der Waals surface area contributed by atoms with E-state index < -0.39 is 11.8 Å². The maximum absolute atomic E-state index is 11.0. The van der Waals surface area contributed by atoms with Crippen molar-refractivity contribution >= 4 is 11.8 Å². The van der Waals surface area contributed by atoms with E-state index in [1.807, 2.05) is 0 Å². The standard InChI is InChI=1S/C32H62O3/c1-2-3-4-5-6-7-8-9-10-11-12-13-14-15-16-17-18-19-20-21-22-23-24-25-26-27-28-29-30-31(33)32(34)35/h2-30H2,1H3,(H,34,35). The van der Waals surface area contributed by atoms with E-state index >= 15 is 0 Å². The quantitative estimate of drug-likeness (QED) is 0.0797. The second kappa shape index (κ2) is 29.4. The van der Waals surface area contributed by atoms with E-state index in [-0.39, 0.29) is 6.42 Å². The van der Waals surface area contributed by atoms with E-state index in [4.69, 9.17) is 5.11 Å². The fourth-order valence-electron chi connectivity index (χ4n) is 5.06. The minimum Gasteiger partial charge on any atom is -0.476 e. The van der Waals surface area contributed by atoms with Crippen molar-refractivity contribution in [2.75, 3.05) is 0 Å². The third-order valence-corrected chi connectivity index (χ3v) is 7.50. The monoisotopic (exact) mass is 494 g/mol. The normalized spacial score (nSPS) is 11.2. The van der Waals surface area contributed by atoms with Gasteiger partial charge in [-0.15, -0.1) is 0 Å². The third kappa shape index (κ3) is 29.3. The largest absolute Gasteiger partial charge is 0.476 e. The molecule has 0 spiro atoms. The molecule has 0 aliphatic rings. The molecule has 0 rings (SSSR count). The van der Waals surface area contributed by atoms with Crippen LogP contribution in [0.25, 0.3) is 0 Å². The molecule has 0 amide bonds.